The molecule has 0 amide bonds. The number of allylic oxidation sites excluding steroid dienone is 4. The van der Waals surface area contributed by atoms with Gasteiger partial charge in [0, 0.05) is 36.8 Å². The van der Waals surface area contributed by atoms with Crippen molar-refractivity contribution in [1.29, 1.82) is 0 Å². The second kappa shape index (κ2) is 6.31. The quantitative estimate of drug-likeness (QED) is 0.907. The van der Waals surface area contributed by atoms with Gasteiger partial charge in [0.15, 0.2) is 0 Å². The Balaban J connectivity index is 1.64. The molecule has 1 aliphatic heterocycles. The summed E-state index contributed by atoms with van der Waals surface area (Å²) in [4.78, 5) is 5.27. The van der Waals surface area contributed by atoms with Gasteiger partial charge in [-0.3, -0.25) is 0 Å². The van der Waals surface area contributed by atoms with E-state index in [9.17, 15) is 0 Å². The molecular formula is C16H20N2S. The summed E-state index contributed by atoms with van der Waals surface area (Å²) in [5.41, 5.74) is 1.35. The van der Waals surface area contributed by atoms with Gasteiger partial charge >= 0.3 is 0 Å². The van der Waals surface area contributed by atoms with E-state index in [1.807, 2.05) is 11.8 Å². The van der Waals surface area contributed by atoms with Crippen LogP contribution in [-0.2, 0) is 0 Å². The minimum absolute atomic E-state index is 1.09. The first-order valence-corrected chi connectivity index (χ1v) is 7.83. The molecule has 0 bridgehead atoms. The summed E-state index contributed by atoms with van der Waals surface area (Å²) in [6, 6.07) is 9.02. The van der Waals surface area contributed by atoms with Crippen molar-refractivity contribution >= 4 is 17.4 Å². The standard InChI is InChI=1S/C16H20N2S/c1-2-4-15(5-3-1)19-16-8-6-14(7-9-16)18-12-10-17-11-13-18/h1-2,4,6-9,17H,3,5,10-13H2. The molecule has 2 nitrogen and oxygen atoms in total. The van der Waals surface area contributed by atoms with Crippen LogP contribution in [0.15, 0.2) is 52.3 Å². The highest BCUT2D eigenvalue weighted by atomic mass is 32.2. The van der Waals surface area contributed by atoms with Crippen molar-refractivity contribution in [2.75, 3.05) is 31.1 Å². The fourth-order valence-electron chi connectivity index (χ4n) is 2.46. The maximum absolute atomic E-state index is 3.39. The van der Waals surface area contributed by atoms with Crippen molar-refractivity contribution in [3.63, 3.8) is 0 Å². The lowest BCUT2D eigenvalue weighted by atomic mass is 10.2. The van der Waals surface area contributed by atoms with Crippen LogP contribution < -0.4 is 10.2 Å². The SMILES string of the molecule is C1=CCCC(Sc2ccc(N3CCNCC3)cc2)=C1. The van der Waals surface area contributed by atoms with Crippen molar-refractivity contribution in [1.82, 2.24) is 5.32 Å². The van der Waals surface area contributed by atoms with Crippen LogP contribution in [0.2, 0.25) is 0 Å². The Morgan fingerprint density at radius 2 is 1.84 bits per heavy atom. The van der Waals surface area contributed by atoms with Gasteiger partial charge in [-0.1, -0.05) is 30.0 Å². The molecule has 0 radical (unpaired) electrons. The molecule has 2 aliphatic rings. The van der Waals surface area contributed by atoms with Crippen molar-refractivity contribution in [2.24, 2.45) is 0 Å². The normalized spacial score (nSPS) is 19.4. The first kappa shape index (κ1) is 12.8. The summed E-state index contributed by atoms with van der Waals surface area (Å²) in [7, 11) is 0. The summed E-state index contributed by atoms with van der Waals surface area (Å²) in [6.45, 7) is 4.41. The lowest BCUT2D eigenvalue weighted by molar-refractivity contribution is 0.589. The van der Waals surface area contributed by atoms with Crippen molar-refractivity contribution in [3.8, 4) is 0 Å². The molecule has 100 valence electrons. The number of anilines is 1. The molecule has 3 heteroatoms. The number of hydrogen-bond donors (Lipinski definition) is 1. The third kappa shape index (κ3) is 3.43. The molecule has 1 saturated heterocycles. The van der Waals surface area contributed by atoms with Crippen LogP contribution in [0.3, 0.4) is 0 Å². The molecule has 1 heterocycles. The predicted molar refractivity (Wildman–Crippen MR) is 83.8 cm³/mol. The highest BCUT2D eigenvalue weighted by molar-refractivity contribution is 8.03. The zero-order valence-electron chi connectivity index (χ0n) is 11.1. The lowest BCUT2D eigenvalue weighted by Gasteiger charge is -2.29. The molecule has 3 rings (SSSR count). The van der Waals surface area contributed by atoms with E-state index in [2.05, 4.69) is 52.7 Å². The van der Waals surface area contributed by atoms with E-state index in [0.29, 0.717) is 0 Å². The number of hydrogen-bond acceptors (Lipinski definition) is 3. The second-order valence-corrected chi connectivity index (χ2v) is 6.13. The zero-order valence-corrected chi connectivity index (χ0v) is 12.0. The molecule has 1 aromatic carbocycles. The van der Waals surface area contributed by atoms with E-state index in [1.165, 1.54) is 28.3 Å². The van der Waals surface area contributed by atoms with E-state index in [0.717, 1.165) is 26.2 Å². The average molecular weight is 272 g/mol. The van der Waals surface area contributed by atoms with Gasteiger partial charge in [0.05, 0.1) is 0 Å². The first-order valence-electron chi connectivity index (χ1n) is 7.01. The van der Waals surface area contributed by atoms with Crippen molar-refractivity contribution in [3.05, 3.63) is 47.4 Å². The lowest BCUT2D eigenvalue weighted by Crippen LogP contribution is -2.43. The molecule has 19 heavy (non-hydrogen) atoms. The van der Waals surface area contributed by atoms with Crippen LogP contribution in [0.5, 0.6) is 0 Å². The van der Waals surface area contributed by atoms with Gasteiger partial charge in [-0.05, 0) is 42.0 Å². The topological polar surface area (TPSA) is 15.3 Å². The zero-order chi connectivity index (χ0) is 12.9. The van der Waals surface area contributed by atoms with Crippen LogP contribution in [-0.4, -0.2) is 26.2 Å². The minimum Gasteiger partial charge on any atom is -0.369 e. The van der Waals surface area contributed by atoms with Crippen LogP contribution in [0.1, 0.15) is 12.8 Å². The summed E-state index contributed by atoms with van der Waals surface area (Å²) >= 11 is 1.90. The number of benzene rings is 1. The highest BCUT2D eigenvalue weighted by Crippen LogP contribution is 2.32. The molecule has 0 atom stereocenters. The molecule has 0 saturated carbocycles. The molecule has 0 unspecified atom stereocenters. The van der Waals surface area contributed by atoms with Gasteiger partial charge in [-0.2, -0.15) is 0 Å². The van der Waals surface area contributed by atoms with E-state index >= 15 is 0 Å². The average Bonchev–Trinajstić information content (AvgIpc) is 2.50. The van der Waals surface area contributed by atoms with Crippen LogP contribution in [0.25, 0.3) is 0 Å². The van der Waals surface area contributed by atoms with Gasteiger partial charge < -0.3 is 10.2 Å². The smallest absolute Gasteiger partial charge is 0.0367 e. The maximum atomic E-state index is 3.39. The molecule has 1 aromatic rings. The molecular weight excluding hydrogens is 252 g/mol. The number of thioether (sulfide) groups is 1. The Bertz CT molecular complexity index is 470. The number of nitrogens with zero attached hydrogens (tertiary/aromatic N) is 1. The fraction of sp³-hybridized carbons (Fsp3) is 0.375. The monoisotopic (exact) mass is 272 g/mol. The van der Waals surface area contributed by atoms with Crippen molar-refractivity contribution < 1.29 is 0 Å². The third-order valence-corrected chi connectivity index (χ3v) is 4.65. The predicted octanol–water partition coefficient (Wildman–Crippen LogP) is 3.42. The number of piperazine rings is 1. The van der Waals surface area contributed by atoms with Crippen molar-refractivity contribution in [2.45, 2.75) is 17.7 Å². The highest BCUT2D eigenvalue weighted by Gasteiger charge is 2.10. The first-order chi connectivity index (χ1) is 9.42. The van der Waals surface area contributed by atoms with E-state index < -0.39 is 0 Å². The number of rotatable bonds is 3. The molecule has 1 N–H and O–H groups in total. The molecule has 0 aromatic heterocycles. The Morgan fingerprint density at radius 3 is 2.53 bits per heavy atom. The van der Waals surface area contributed by atoms with Gasteiger partial charge in [0.1, 0.15) is 0 Å². The van der Waals surface area contributed by atoms with Crippen LogP contribution >= 0.6 is 11.8 Å². The molecule has 1 aliphatic carbocycles. The number of nitrogens with one attached hydrogen (secondary N) is 1. The summed E-state index contributed by atoms with van der Waals surface area (Å²) in [5, 5.41) is 3.39. The third-order valence-electron chi connectivity index (χ3n) is 3.54. The summed E-state index contributed by atoms with van der Waals surface area (Å²) < 4.78 is 0. The van der Waals surface area contributed by atoms with Gasteiger partial charge in [0.2, 0.25) is 0 Å². The van der Waals surface area contributed by atoms with E-state index in [1.54, 1.807) is 0 Å². The van der Waals surface area contributed by atoms with E-state index in [-0.39, 0.29) is 0 Å². The Labute approximate surface area is 119 Å². The Kier molecular flexibility index (Phi) is 4.26. The van der Waals surface area contributed by atoms with Gasteiger partial charge in [0.25, 0.3) is 0 Å². The van der Waals surface area contributed by atoms with Crippen LogP contribution in [0, 0.1) is 0 Å². The largest absolute Gasteiger partial charge is 0.369 e. The Morgan fingerprint density at radius 1 is 1.05 bits per heavy atom. The van der Waals surface area contributed by atoms with E-state index in [4.69, 9.17) is 0 Å². The maximum Gasteiger partial charge on any atom is 0.0367 e. The summed E-state index contributed by atoms with van der Waals surface area (Å²) in [6.07, 6.45) is 9.00. The van der Waals surface area contributed by atoms with Crippen LogP contribution in [0.4, 0.5) is 5.69 Å². The summed E-state index contributed by atoms with van der Waals surface area (Å²) in [5.74, 6) is 0. The Hall–Kier alpha value is -1.19. The molecule has 1 fully saturated rings. The molecule has 0 spiro atoms. The minimum atomic E-state index is 1.09. The van der Waals surface area contributed by atoms with Gasteiger partial charge in [-0.25, -0.2) is 0 Å². The fourth-order valence-corrected chi connectivity index (χ4v) is 3.41. The second-order valence-electron chi connectivity index (χ2n) is 4.93. The van der Waals surface area contributed by atoms with Gasteiger partial charge in [-0.15, -0.1) is 0 Å².